The molecule has 0 unspecified atom stereocenters. The normalized spacial score (nSPS) is 14.1. The number of unbranched alkanes of at least 4 members (excludes halogenated alkanes) is 3. The Morgan fingerprint density at radius 2 is 1.61 bits per heavy atom. The quantitative estimate of drug-likeness (QED) is 0.316. The van der Waals surface area contributed by atoms with Crippen LogP contribution in [0.3, 0.4) is 0 Å². The minimum absolute atomic E-state index is 0.0790. The fourth-order valence-electron chi connectivity index (χ4n) is 3.54. The van der Waals surface area contributed by atoms with Gasteiger partial charge in [0.05, 0.1) is 16.6 Å². The van der Waals surface area contributed by atoms with Gasteiger partial charge in [0.25, 0.3) is 11.8 Å². The zero-order chi connectivity index (χ0) is 22.2. The highest BCUT2D eigenvalue weighted by Gasteiger charge is 2.38. The second-order valence-corrected chi connectivity index (χ2v) is 8.98. The Labute approximate surface area is 189 Å². The Bertz CT molecular complexity index is 919. The van der Waals surface area contributed by atoms with Gasteiger partial charge in [0.1, 0.15) is 5.75 Å². The summed E-state index contributed by atoms with van der Waals surface area (Å²) < 4.78 is 5.73. The molecular weight excluding hydrogens is 406 g/mol. The molecule has 3 rings (SSSR count). The second-order valence-electron chi connectivity index (χ2n) is 7.99. The number of benzene rings is 2. The van der Waals surface area contributed by atoms with Crippen molar-refractivity contribution in [3.63, 3.8) is 0 Å². The Morgan fingerprint density at radius 3 is 2.26 bits per heavy atom. The number of nitrogens with zero attached hydrogens (tertiary/aromatic N) is 1. The van der Waals surface area contributed by atoms with Gasteiger partial charge >= 0.3 is 0 Å². The van der Waals surface area contributed by atoms with Gasteiger partial charge in [-0.05, 0) is 43.5 Å². The fraction of sp³-hybridized carbons (Fsp3) is 0.385. The summed E-state index contributed by atoms with van der Waals surface area (Å²) >= 11 is 1.45. The summed E-state index contributed by atoms with van der Waals surface area (Å²) in [4.78, 5) is 28.4. The monoisotopic (exact) mass is 437 g/mol. The zero-order valence-corrected chi connectivity index (χ0v) is 19.4. The lowest BCUT2D eigenvalue weighted by Crippen LogP contribution is -2.32. The molecule has 0 aromatic heterocycles. The molecule has 0 bridgehead atoms. The van der Waals surface area contributed by atoms with E-state index < -0.39 is 0 Å². The molecule has 0 aliphatic carbocycles. The topological polar surface area (TPSA) is 46.6 Å². The van der Waals surface area contributed by atoms with Crippen molar-refractivity contribution in [2.75, 3.05) is 6.54 Å². The van der Waals surface area contributed by atoms with Crippen molar-refractivity contribution in [2.45, 2.75) is 58.3 Å². The Morgan fingerprint density at radius 1 is 0.903 bits per heavy atom. The molecule has 5 heteroatoms. The standard InChI is InChI=1S/C26H31NO3S/c1-4-5-6-10-17-27-25(28)23(21-13-15-22(16-14-21)30-19(2)3)24(26(27)29)31-18-20-11-8-7-9-12-20/h7-9,11-16,19H,4-6,10,17-18H2,1-3H3. The molecule has 0 atom stereocenters. The molecule has 0 N–H and O–H groups in total. The molecule has 1 heterocycles. The Balaban J connectivity index is 1.85. The Kier molecular flexibility index (Phi) is 8.35. The average Bonchev–Trinajstić information content (AvgIpc) is 3.00. The van der Waals surface area contributed by atoms with Crippen LogP contribution >= 0.6 is 11.8 Å². The minimum Gasteiger partial charge on any atom is -0.491 e. The second kappa shape index (κ2) is 11.2. The molecule has 0 saturated heterocycles. The summed E-state index contributed by atoms with van der Waals surface area (Å²) in [5.41, 5.74) is 2.40. The minimum atomic E-state index is -0.186. The van der Waals surface area contributed by atoms with Gasteiger partial charge in [-0.1, -0.05) is 68.7 Å². The largest absolute Gasteiger partial charge is 0.491 e. The molecule has 1 aliphatic heterocycles. The van der Waals surface area contributed by atoms with E-state index in [-0.39, 0.29) is 17.9 Å². The van der Waals surface area contributed by atoms with E-state index in [0.717, 1.165) is 42.6 Å². The molecule has 2 aromatic carbocycles. The van der Waals surface area contributed by atoms with E-state index in [2.05, 4.69) is 6.92 Å². The van der Waals surface area contributed by atoms with Gasteiger partial charge in [-0.15, -0.1) is 11.8 Å². The molecular formula is C26H31NO3S. The maximum absolute atomic E-state index is 13.3. The van der Waals surface area contributed by atoms with Crippen molar-refractivity contribution in [1.82, 2.24) is 4.90 Å². The van der Waals surface area contributed by atoms with Crippen LogP contribution in [0, 0.1) is 0 Å². The summed E-state index contributed by atoms with van der Waals surface area (Å²) in [5.74, 6) is 1.05. The lowest BCUT2D eigenvalue weighted by Gasteiger charge is -2.15. The van der Waals surface area contributed by atoms with E-state index in [9.17, 15) is 9.59 Å². The molecule has 1 aliphatic rings. The van der Waals surface area contributed by atoms with Gasteiger partial charge in [-0.2, -0.15) is 0 Å². The summed E-state index contributed by atoms with van der Waals surface area (Å²) in [6.07, 6.45) is 4.18. The van der Waals surface area contributed by atoms with E-state index in [1.54, 1.807) is 0 Å². The highest BCUT2D eigenvalue weighted by Crippen LogP contribution is 2.38. The Hall–Kier alpha value is -2.53. The fourth-order valence-corrected chi connectivity index (χ4v) is 4.63. The van der Waals surface area contributed by atoms with E-state index in [0.29, 0.717) is 22.8 Å². The van der Waals surface area contributed by atoms with Crippen LogP contribution in [0.4, 0.5) is 0 Å². The van der Waals surface area contributed by atoms with Crippen molar-refractivity contribution >= 4 is 29.1 Å². The van der Waals surface area contributed by atoms with E-state index in [1.807, 2.05) is 68.4 Å². The van der Waals surface area contributed by atoms with Gasteiger partial charge in [-0.3, -0.25) is 14.5 Å². The molecule has 0 spiro atoms. The molecule has 31 heavy (non-hydrogen) atoms. The molecule has 2 amide bonds. The summed E-state index contributed by atoms with van der Waals surface area (Å²) in [7, 11) is 0. The third-order valence-electron chi connectivity index (χ3n) is 5.10. The smallest absolute Gasteiger partial charge is 0.267 e. The van der Waals surface area contributed by atoms with Crippen molar-refractivity contribution in [2.24, 2.45) is 0 Å². The van der Waals surface area contributed by atoms with Crippen molar-refractivity contribution in [3.05, 3.63) is 70.6 Å². The number of carbonyl (C=O) groups is 2. The van der Waals surface area contributed by atoms with Crippen LogP contribution in [0.1, 0.15) is 57.6 Å². The molecule has 4 nitrogen and oxygen atoms in total. The number of hydrogen-bond acceptors (Lipinski definition) is 4. The first-order chi connectivity index (χ1) is 15.0. The third-order valence-corrected chi connectivity index (χ3v) is 6.25. The molecule has 0 radical (unpaired) electrons. The lowest BCUT2D eigenvalue weighted by molar-refractivity contribution is -0.136. The van der Waals surface area contributed by atoms with Gasteiger partial charge in [0, 0.05) is 12.3 Å². The van der Waals surface area contributed by atoms with Crippen LogP contribution in [-0.4, -0.2) is 29.4 Å². The van der Waals surface area contributed by atoms with Gasteiger partial charge in [0.2, 0.25) is 0 Å². The molecule has 0 fully saturated rings. The summed E-state index contributed by atoms with van der Waals surface area (Å²) in [6.45, 7) is 6.58. The van der Waals surface area contributed by atoms with Crippen molar-refractivity contribution in [3.8, 4) is 5.75 Å². The van der Waals surface area contributed by atoms with Crippen LogP contribution in [0.5, 0.6) is 5.75 Å². The summed E-state index contributed by atoms with van der Waals surface area (Å²) in [5, 5.41) is 0. The average molecular weight is 438 g/mol. The van der Waals surface area contributed by atoms with Crippen LogP contribution in [-0.2, 0) is 15.3 Å². The first kappa shape index (κ1) is 23.1. The van der Waals surface area contributed by atoms with Crippen LogP contribution in [0.15, 0.2) is 59.5 Å². The van der Waals surface area contributed by atoms with E-state index in [1.165, 1.54) is 16.7 Å². The number of ether oxygens (including phenoxy) is 1. The number of thioether (sulfide) groups is 1. The number of imide groups is 1. The van der Waals surface area contributed by atoms with Gasteiger partial charge in [0.15, 0.2) is 0 Å². The highest BCUT2D eigenvalue weighted by atomic mass is 32.2. The maximum Gasteiger partial charge on any atom is 0.267 e. The first-order valence-electron chi connectivity index (χ1n) is 11.1. The predicted octanol–water partition coefficient (Wildman–Crippen LogP) is 6.07. The highest BCUT2D eigenvalue weighted by molar-refractivity contribution is 8.03. The van der Waals surface area contributed by atoms with Gasteiger partial charge < -0.3 is 4.74 Å². The van der Waals surface area contributed by atoms with Crippen molar-refractivity contribution < 1.29 is 14.3 Å². The van der Waals surface area contributed by atoms with Crippen LogP contribution < -0.4 is 4.74 Å². The van der Waals surface area contributed by atoms with Crippen LogP contribution in [0.2, 0.25) is 0 Å². The number of rotatable bonds is 11. The third kappa shape index (κ3) is 6.01. The molecule has 0 saturated carbocycles. The SMILES string of the molecule is CCCCCCN1C(=O)C(SCc2ccccc2)=C(c2ccc(OC(C)C)cc2)C1=O. The summed E-state index contributed by atoms with van der Waals surface area (Å²) in [6, 6.07) is 17.5. The van der Waals surface area contributed by atoms with Crippen LogP contribution in [0.25, 0.3) is 5.57 Å². The van der Waals surface area contributed by atoms with E-state index >= 15 is 0 Å². The number of hydrogen-bond donors (Lipinski definition) is 0. The predicted molar refractivity (Wildman–Crippen MR) is 128 cm³/mol. The number of carbonyl (C=O) groups excluding carboxylic acids is 2. The number of amides is 2. The molecule has 2 aromatic rings. The first-order valence-corrected chi connectivity index (χ1v) is 12.0. The van der Waals surface area contributed by atoms with Gasteiger partial charge in [-0.25, -0.2) is 0 Å². The molecule has 164 valence electrons. The zero-order valence-electron chi connectivity index (χ0n) is 18.6. The van der Waals surface area contributed by atoms with E-state index in [4.69, 9.17) is 4.74 Å². The maximum atomic E-state index is 13.3. The lowest BCUT2D eigenvalue weighted by atomic mass is 10.1. The van der Waals surface area contributed by atoms with Crippen molar-refractivity contribution in [1.29, 1.82) is 0 Å².